The van der Waals surface area contributed by atoms with E-state index in [0.717, 1.165) is 24.2 Å². The number of aryl methyl sites for hydroxylation is 2. The number of rotatable bonds is 12. The molecule has 0 amide bonds. The molecule has 0 bridgehead atoms. The summed E-state index contributed by atoms with van der Waals surface area (Å²) in [6.07, 6.45) is 2.17. The van der Waals surface area contributed by atoms with Crippen LogP contribution in [0.4, 0.5) is 0 Å². The maximum Gasteiger partial charge on any atom is 0.304 e. The molecule has 31 heavy (non-hydrogen) atoms. The Bertz CT molecular complexity index is 951. The highest BCUT2D eigenvalue weighted by atomic mass is 32.1. The molecular formula is C26H31NO3S. The van der Waals surface area contributed by atoms with Crippen LogP contribution in [0, 0.1) is 13.8 Å². The van der Waals surface area contributed by atoms with Crippen molar-refractivity contribution in [3.8, 4) is 5.75 Å². The second-order valence-corrected chi connectivity index (χ2v) is 8.85. The Labute approximate surface area is 188 Å². The lowest BCUT2D eigenvalue weighted by Gasteiger charge is -2.18. The van der Waals surface area contributed by atoms with Crippen LogP contribution >= 0.6 is 11.3 Å². The molecule has 0 unspecified atom stereocenters. The van der Waals surface area contributed by atoms with Gasteiger partial charge in [0.25, 0.3) is 0 Å². The Hall–Kier alpha value is -2.63. The predicted octanol–water partition coefficient (Wildman–Crippen LogP) is 5.92. The Balaban J connectivity index is 1.48. The first kappa shape index (κ1) is 23.0. The van der Waals surface area contributed by atoms with Gasteiger partial charge in [0, 0.05) is 23.9 Å². The monoisotopic (exact) mass is 437 g/mol. The third kappa shape index (κ3) is 7.23. The summed E-state index contributed by atoms with van der Waals surface area (Å²) in [6, 6.07) is 19.2. The van der Waals surface area contributed by atoms with Gasteiger partial charge in [0.2, 0.25) is 0 Å². The van der Waals surface area contributed by atoms with Crippen molar-refractivity contribution in [2.75, 3.05) is 13.2 Å². The van der Waals surface area contributed by atoms with Gasteiger partial charge in [0.05, 0.1) is 13.0 Å². The minimum atomic E-state index is -0.782. The first-order valence-electron chi connectivity index (χ1n) is 10.8. The van der Waals surface area contributed by atoms with E-state index >= 15 is 0 Å². The number of nitrogens with one attached hydrogen (secondary N) is 1. The SMILES string of the molecule is Cc1ccc([C@H](CCCOc2ccc(CNCCC(=O)O)cc2)c2cccs2)cc1C. The van der Waals surface area contributed by atoms with Crippen LogP contribution in [0.15, 0.2) is 60.0 Å². The molecule has 1 atom stereocenters. The number of hydrogen-bond donors (Lipinski definition) is 2. The van der Waals surface area contributed by atoms with Gasteiger partial charge in [-0.3, -0.25) is 4.79 Å². The van der Waals surface area contributed by atoms with E-state index in [4.69, 9.17) is 9.84 Å². The van der Waals surface area contributed by atoms with E-state index in [2.05, 4.69) is 54.9 Å². The molecule has 164 valence electrons. The van der Waals surface area contributed by atoms with Gasteiger partial charge in [-0.15, -0.1) is 11.3 Å². The fourth-order valence-corrected chi connectivity index (χ4v) is 4.44. The van der Waals surface area contributed by atoms with Crippen LogP contribution < -0.4 is 10.1 Å². The number of ether oxygens (including phenoxy) is 1. The van der Waals surface area contributed by atoms with Gasteiger partial charge in [-0.2, -0.15) is 0 Å². The van der Waals surface area contributed by atoms with E-state index < -0.39 is 5.97 Å². The van der Waals surface area contributed by atoms with E-state index in [1.807, 2.05) is 35.6 Å². The van der Waals surface area contributed by atoms with Gasteiger partial charge in [0.15, 0.2) is 0 Å². The lowest BCUT2D eigenvalue weighted by atomic mass is 9.90. The van der Waals surface area contributed by atoms with Crippen LogP contribution in [0.25, 0.3) is 0 Å². The highest BCUT2D eigenvalue weighted by Crippen LogP contribution is 2.33. The van der Waals surface area contributed by atoms with Crippen molar-refractivity contribution < 1.29 is 14.6 Å². The summed E-state index contributed by atoms with van der Waals surface area (Å²) in [4.78, 5) is 11.9. The molecule has 0 aliphatic heterocycles. The average Bonchev–Trinajstić information content (AvgIpc) is 3.29. The van der Waals surface area contributed by atoms with E-state index in [-0.39, 0.29) is 6.42 Å². The zero-order valence-electron chi connectivity index (χ0n) is 18.3. The van der Waals surface area contributed by atoms with Crippen molar-refractivity contribution in [1.82, 2.24) is 5.32 Å². The molecule has 0 aliphatic carbocycles. The number of carboxylic acids is 1. The van der Waals surface area contributed by atoms with Crippen LogP contribution in [0.5, 0.6) is 5.75 Å². The van der Waals surface area contributed by atoms with Crippen LogP contribution in [-0.4, -0.2) is 24.2 Å². The number of hydrogen-bond acceptors (Lipinski definition) is 4. The molecule has 2 aromatic carbocycles. The van der Waals surface area contributed by atoms with Gasteiger partial charge >= 0.3 is 5.97 Å². The number of carbonyl (C=O) groups is 1. The van der Waals surface area contributed by atoms with Crippen molar-refractivity contribution in [2.45, 2.75) is 45.6 Å². The van der Waals surface area contributed by atoms with Crippen LogP contribution in [0.1, 0.15) is 52.3 Å². The number of carboxylic acid groups (broad SMARTS) is 1. The smallest absolute Gasteiger partial charge is 0.304 e. The molecule has 3 rings (SSSR count). The highest BCUT2D eigenvalue weighted by Gasteiger charge is 2.16. The molecule has 5 heteroatoms. The molecule has 0 fully saturated rings. The number of thiophene rings is 1. The topological polar surface area (TPSA) is 58.6 Å². The zero-order chi connectivity index (χ0) is 22.1. The maximum atomic E-state index is 10.5. The minimum Gasteiger partial charge on any atom is -0.494 e. The molecule has 2 N–H and O–H groups in total. The van der Waals surface area contributed by atoms with Crippen molar-refractivity contribution in [3.63, 3.8) is 0 Å². The molecule has 0 saturated carbocycles. The summed E-state index contributed by atoms with van der Waals surface area (Å²) >= 11 is 1.82. The van der Waals surface area contributed by atoms with E-state index in [0.29, 0.717) is 25.6 Å². The molecule has 0 spiro atoms. The minimum absolute atomic E-state index is 0.135. The first-order chi connectivity index (χ1) is 15.0. The fraction of sp³-hybridized carbons (Fsp3) is 0.346. The number of aliphatic carboxylic acids is 1. The first-order valence-corrected chi connectivity index (χ1v) is 11.7. The average molecular weight is 438 g/mol. The Kier molecular flexibility index (Phi) is 8.68. The van der Waals surface area contributed by atoms with Crippen molar-refractivity contribution in [1.29, 1.82) is 0 Å². The van der Waals surface area contributed by atoms with E-state index in [9.17, 15) is 4.79 Å². The Morgan fingerprint density at radius 2 is 1.90 bits per heavy atom. The standard InChI is InChI=1S/C26H31NO3S/c1-19-7-10-22(17-20(19)2)24(25-6-4-16-31-25)5-3-15-30-23-11-8-21(9-12-23)18-27-14-13-26(28)29/h4,6-12,16-17,24,27H,3,5,13-15,18H2,1-2H3,(H,28,29)/t24-/m0/s1. The maximum absolute atomic E-state index is 10.5. The summed E-state index contributed by atoms with van der Waals surface area (Å²) in [7, 11) is 0. The summed E-state index contributed by atoms with van der Waals surface area (Å²) in [6.45, 7) is 6.15. The fourth-order valence-electron chi connectivity index (χ4n) is 3.55. The third-order valence-electron chi connectivity index (χ3n) is 5.49. The molecule has 4 nitrogen and oxygen atoms in total. The number of benzene rings is 2. The van der Waals surface area contributed by atoms with E-state index in [1.165, 1.54) is 21.6 Å². The molecule has 0 aliphatic rings. The van der Waals surface area contributed by atoms with E-state index in [1.54, 1.807) is 0 Å². The van der Waals surface area contributed by atoms with Crippen LogP contribution in [0.2, 0.25) is 0 Å². The second-order valence-electron chi connectivity index (χ2n) is 7.87. The summed E-state index contributed by atoms with van der Waals surface area (Å²) in [5.74, 6) is 0.491. The van der Waals surface area contributed by atoms with Gasteiger partial charge in [-0.25, -0.2) is 0 Å². The molecule has 1 aromatic heterocycles. The van der Waals surface area contributed by atoms with Crippen molar-refractivity contribution >= 4 is 17.3 Å². The lowest BCUT2D eigenvalue weighted by molar-refractivity contribution is -0.136. The van der Waals surface area contributed by atoms with Crippen LogP contribution in [-0.2, 0) is 11.3 Å². The van der Waals surface area contributed by atoms with Crippen LogP contribution in [0.3, 0.4) is 0 Å². The Morgan fingerprint density at radius 1 is 1.10 bits per heavy atom. The zero-order valence-corrected chi connectivity index (χ0v) is 19.1. The second kappa shape index (κ2) is 11.7. The molecular weight excluding hydrogens is 406 g/mol. The largest absolute Gasteiger partial charge is 0.494 e. The summed E-state index contributed by atoms with van der Waals surface area (Å²) < 4.78 is 5.97. The molecule has 0 saturated heterocycles. The normalized spacial score (nSPS) is 11.9. The quantitative estimate of drug-likeness (QED) is 0.345. The predicted molar refractivity (Wildman–Crippen MR) is 127 cm³/mol. The Morgan fingerprint density at radius 3 is 2.58 bits per heavy atom. The van der Waals surface area contributed by atoms with Crippen molar-refractivity contribution in [3.05, 3.63) is 87.1 Å². The lowest BCUT2D eigenvalue weighted by Crippen LogP contribution is -2.17. The van der Waals surface area contributed by atoms with Gasteiger partial charge in [0.1, 0.15) is 5.75 Å². The molecule has 0 radical (unpaired) electrons. The van der Waals surface area contributed by atoms with Gasteiger partial charge in [-0.1, -0.05) is 36.4 Å². The van der Waals surface area contributed by atoms with Gasteiger partial charge < -0.3 is 15.2 Å². The summed E-state index contributed by atoms with van der Waals surface area (Å²) in [5, 5.41) is 14.0. The molecule has 1 heterocycles. The van der Waals surface area contributed by atoms with Gasteiger partial charge in [-0.05, 0) is 72.5 Å². The highest BCUT2D eigenvalue weighted by molar-refractivity contribution is 7.10. The third-order valence-corrected chi connectivity index (χ3v) is 6.48. The van der Waals surface area contributed by atoms with Crippen molar-refractivity contribution in [2.24, 2.45) is 0 Å². The summed E-state index contributed by atoms with van der Waals surface area (Å²) in [5.41, 5.74) is 5.17. The molecule has 3 aromatic rings.